The SMILES string of the molecule is C[C@H](C(=O)Nc1ccccc1F)[NH+]1CC[NH+](CC(=O)N2CCCC2)CC1. The Morgan fingerprint density at radius 1 is 1.15 bits per heavy atom. The minimum absolute atomic E-state index is 0.165. The van der Waals surface area contributed by atoms with Gasteiger partial charge in [0.25, 0.3) is 11.8 Å². The molecule has 2 aliphatic rings. The number of para-hydroxylation sites is 1. The standard InChI is InChI=1S/C19H27FN4O2/c1-15(19(26)21-17-7-3-2-6-16(17)20)23-12-10-22(11-13-23)14-18(25)24-8-4-5-9-24/h2-3,6-7,15H,4-5,8-14H2,1H3,(H,21,26)/p+2/t15-/m1/s1. The molecule has 0 aliphatic carbocycles. The Morgan fingerprint density at radius 3 is 2.46 bits per heavy atom. The van der Waals surface area contributed by atoms with Crippen LogP contribution in [0.15, 0.2) is 24.3 Å². The fourth-order valence-electron chi connectivity index (χ4n) is 3.82. The molecule has 2 heterocycles. The van der Waals surface area contributed by atoms with Crippen LogP contribution in [-0.4, -0.2) is 68.6 Å². The highest BCUT2D eigenvalue weighted by molar-refractivity contribution is 5.93. The fraction of sp³-hybridized carbons (Fsp3) is 0.579. The predicted molar refractivity (Wildman–Crippen MR) is 96.6 cm³/mol. The Kier molecular flexibility index (Phi) is 6.21. The Balaban J connectivity index is 1.45. The van der Waals surface area contributed by atoms with Crippen LogP contribution in [0, 0.1) is 5.82 Å². The van der Waals surface area contributed by atoms with Crippen LogP contribution in [-0.2, 0) is 9.59 Å². The number of nitrogens with zero attached hydrogens (tertiary/aromatic N) is 1. The number of piperazine rings is 1. The second-order valence-corrected chi connectivity index (χ2v) is 7.36. The largest absolute Gasteiger partial charge is 0.338 e. The number of amides is 2. The lowest BCUT2D eigenvalue weighted by atomic mass is 10.2. The third-order valence-electron chi connectivity index (χ3n) is 5.60. The van der Waals surface area contributed by atoms with Crippen LogP contribution in [0.4, 0.5) is 10.1 Å². The minimum atomic E-state index is -0.419. The first-order valence-electron chi connectivity index (χ1n) is 9.56. The van der Waals surface area contributed by atoms with Gasteiger partial charge in [-0.25, -0.2) is 4.39 Å². The van der Waals surface area contributed by atoms with Gasteiger partial charge in [-0.2, -0.15) is 0 Å². The number of hydrogen-bond donors (Lipinski definition) is 3. The van der Waals surface area contributed by atoms with Crippen molar-refractivity contribution in [1.82, 2.24) is 4.90 Å². The summed E-state index contributed by atoms with van der Waals surface area (Å²) in [5.74, 6) is -0.328. The van der Waals surface area contributed by atoms with Crippen molar-refractivity contribution in [1.29, 1.82) is 0 Å². The van der Waals surface area contributed by atoms with E-state index >= 15 is 0 Å². The van der Waals surface area contributed by atoms with E-state index in [1.54, 1.807) is 18.2 Å². The number of likely N-dealkylation sites (tertiary alicyclic amines) is 1. The monoisotopic (exact) mass is 364 g/mol. The van der Waals surface area contributed by atoms with E-state index in [-0.39, 0.29) is 23.5 Å². The maximum Gasteiger partial charge on any atom is 0.282 e. The van der Waals surface area contributed by atoms with E-state index in [0.29, 0.717) is 6.54 Å². The lowest BCUT2D eigenvalue weighted by Gasteiger charge is -2.32. The summed E-state index contributed by atoms with van der Waals surface area (Å²) in [5.41, 5.74) is 0.226. The second-order valence-electron chi connectivity index (χ2n) is 7.36. The highest BCUT2D eigenvalue weighted by Crippen LogP contribution is 2.12. The minimum Gasteiger partial charge on any atom is -0.338 e. The zero-order chi connectivity index (χ0) is 18.5. The van der Waals surface area contributed by atoms with Crippen molar-refractivity contribution in [3.8, 4) is 0 Å². The number of quaternary nitrogens is 2. The number of benzene rings is 1. The van der Waals surface area contributed by atoms with Crippen LogP contribution in [0.2, 0.25) is 0 Å². The molecule has 2 aliphatic heterocycles. The number of nitrogens with one attached hydrogen (secondary N) is 3. The first-order valence-corrected chi connectivity index (χ1v) is 9.56. The number of rotatable bonds is 5. The zero-order valence-corrected chi connectivity index (χ0v) is 15.4. The van der Waals surface area contributed by atoms with Gasteiger partial charge in [-0.05, 0) is 31.9 Å². The number of halogens is 1. The zero-order valence-electron chi connectivity index (χ0n) is 15.4. The molecular weight excluding hydrogens is 335 g/mol. The van der Waals surface area contributed by atoms with Gasteiger partial charge in [-0.15, -0.1) is 0 Å². The molecule has 0 unspecified atom stereocenters. The molecule has 0 spiro atoms. The molecule has 3 N–H and O–H groups in total. The molecule has 1 aromatic rings. The molecule has 0 bridgehead atoms. The Morgan fingerprint density at radius 2 is 1.81 bits per heavy atom. The summed E-state index contributed by atoms with van der Waals surface area (Å²) in [6.45, 7) is 7.68. The van der Waals surface area contributed by atoms with E-state index in [1.165, 1.54) is 15.9 Å². The van der Waals surface area contributed by atoms with Gasteiger partial charge >= 0.3 is 0 Å². The summed E-state index contributed by atoms with van der Waals surface area (Å²) in [6, 6.07) is 5.97. The van der Waals surface area contributed by atoms with Gasteiger partial charge in [0.05, 0.1) is 5.69 Å². The van der Waals surface area contributed by atoms with E-state index in [1.807, 2.05) is 11.8 Å². The number of anilines is 1. The lowest BCUT2D eigenvalue weighted by Crippen LogP contribution is -3.30. The molecule has 6 nitrogen and oxygen atoms in total. The average molecular weight is 364 g/mol. The molecule has 1 atom stereocenters. The van der Waals surface area contributed by atoms with Gasteiger partial charge in [0.2, 0.25) is 0 Å². The Bertz CT molecular complexity index is 640. The summed E-state index contributed by atoms with van der Waals surface area (Å²) in [7, 11) is 0. The summed E-state index contributed by atoms with van der Waals surface area (Å²) in [4.78, 5) is 29.2. The van der Waals surface area contributed by atoms with Crippen LogP contribution >= 0.6 is 0 Å². The van der Waals surface area contributed by atoms with Crippen molar-refractivity contribution in [2.75, 3.05) is 51.1 Å². The second kappa shape index (κ2) is 8.60. The molecule has 0 aromatic heterocycles. The van der Waals surface area contributed by atoms with Crippen molar-refractivity contribution in [3.05, 3.63) is 30.1 Å². The molecule has 2 fully saturated rings. The number of carbonyl (C=O) groups is 2. The average Bonchev–Trinajstić information content (AvgIpc) is 3.18. The van der Waals surface area contributed by atoms with Crippen LogP contribution in [0.5, 0.6) is 0 Å². The van der Waals surface area contributed by atoms with Crippen molar-refractivity contribution in [3.63, 3.8) is 0 Å². The third kappa shape index (κ3) is 4.59. The molecular formula is C19H29FN4O2+2. The van der Waals surface area contributed by atoms with E-state index in [4.69, 9.17) is 0 Å². The maximum atomic E-state index is 13.7. The molecule has 142 valence electrons. The summed E-state index contributed by atoms with van der Waals surface area (Å²) >= 11 is 0. The van der Waals surface area contributed by atoms with Crippen molar-refractivity contribution in [2.24, 2.45) is 0 Å². The number of hydrogen-bond acceptors (Lipinski definition) is 2. The van der Waals surface area contributed by atoms with Gasteiger partial charge in [0.15, 0.2) is 12.6 Å². The van der Waals surface area contributed by atoms with Crippen LogP contribution in [0.1, 0.15) is 19.8 Å². The van der Waals surface area contributed by atoms with E-state index in [9.17, 15) is 14.0 Å². The quantitative estimate of drug-likeness (QED) is 0.599. The summed E-state index contributed by atoms with van der Waals surface area (Å²) in [6.07, 6.45) is 2.24. The first kappa shape index (κ1) is 18.8. The molecule has 7 heteroatoms. The molecule has 2 amide bonds. The summed E-state index contributed by atoms with van der Waals surface area (Å²) < 4.78 is 13.7. The molecule has 2 saturated heterocycles. The summed E-state index contributed by atoms with van der Waals surface area (Å²) in [5, 5.41) is 2.69. The molecule has 3 rings (SSSR count). The van der Waals surface area contributed by atoms with Gasteiger partial charge in [-0.3, -0.25) is 9.59 Å². The molecule has 26 heavy (non-hydrogen) atoms. The van der Waals surface area contributed by atoms with E-state index in [0.717, 1.165) is 52.1 Å². The van der Waals surface area contributed by atoms with Crippen LogP contribution in [0.3, 0.4) is 0 Å². The third-order valence-corrected chi connectivity index (χ3v) is 5.60. The normalized spacial score (nSPS) is 24.3. The Hall–Kier alpha value is -1.99. The highest BCUT2D eigenvalue weighted by Gasteiger charge is 2.33. The van der Waals surface area contributed by atoms with Gasteiger partial charge in [-0.1, -0.05) is 12.1 Å². The van der Waals surface area contributed by atoms with Crippen LogP contribution in [0.25, 0.3) is 0 Å². The van der Waals surface area contributed by atoms with Gasteiger partial charge in [0, 0.05) is 13.1 Å². The Labute approximate surface area is 153 Å². The fourth-order valence-corrected chi connectivity index (χ4v) is 3.82. The smallest absolute Gasteiger partial charge is 0.282 e. The van der Waals surface area contributed by atoms with E-state index in [2.05, 4.69) is 5.32 Å². The lowest BCUT2D eigenvalue weighted by molar-refractivity contribution is -1.01. The van der Waals surface area contributed by atoms with Crippen molar-refractivity contribution in [2.45, 2.75) is 25.8 Å². The molecule has 0 saturated carbocycles. The van der Waals surface area contributed by atoms with Crippen molar-refractivity contribution < 1.29 is 23.8 Å². The predicted octanol–water partition coefficient (Wildman–Crippen LogP) is -1.44. The first-order chi connectivity index (χ1) is 12.5. The number of carbonyl (C=O) groups excluding carboxylic acids is 2. The maximum absolute atomic E-state index is 13.7. The molecule has 1 aromatic carbocycles. The van der Waals surface area contributed by atoms with Crippen molar-refractivity contribution >= 4 is 17.5 Å². The topological polar surface area (TPSA) is 58.3 Å². The van der Waals surface area contributed by atoms with Gasteiger partial charge < -0.3 is 20.0 Å². The van der Waals surface area contributed by atoms with Gasteiger partial charge in [0.1, 0.15) is 32.0 Å². The van der Waals surface area contributed by atoms with E-state index < -0.39 is 5.82 Å². The van der Waals surface area contributed by atoms with Crippen LogP contribution < -0.4 is 15.1 Å². The highest BCUT2D eigenvalue weighted by atomic mass is 19.1. The molecule has 0 radical (unpaired) electrons.